The Morgan fingerprint density at radius 1 is 1.03 bits per heavy atom. The van der Waals surface area contributed by atoms with Crippen molar-refractivity contribution in [3.8, 4) is 0 Å². The number of aromatic nitrogens is 1. The second-order valence-electron chi connectivity index (χ2n) is 9.05. The average Bonchev–Trinajstić information content (AvgIpc) is 2.97. The quantitative estimate of drug-likeness (QED) is 0.768. The Morgan fingerprint density at radius 2 is 1.76 bits per heavy atom. The molecule has 1 unspecified atom stereocenters. The van der Waals surface area contributed by atoms with Crippen LogP contribution in [0.1, 0.15) is 72.8 Å². The monoisotopic (exact) mass is 402 g/mol. The minimum Gasteiger partial charge on any atom is -0.355 e. The van der Waals surface area contributed by atoms with E-state index in [1.165, 1.54) is 24.8 Å². The van der Waals surface area contributed by atoms with Gasteiger partial charge in [-0.3, -0.25) is 14.5 Å². The zero-order valence-electron chi connectivity index (χ0n) is 18.6. The molecule has 6 heteroatoms. The van der Waals surface area contributed by atoms with E-state index in [0.717, 1.165) is 62.5 Å². The molecule has 1 atom stereocenters. The summed E-state index contributed by atoms with van der Waals surface area (Å²) in [6.45, 7) is 12.7. The lowest BCUT2D eigenvalue weighted by Gasteiger charge is -2.33. The molecule has 0 spiro atoms. The van der Waals surface area contributed by atoms with Gasteiger partial charge in [0.15, 0.2) is 0 Å². The number of aromatic amines is 1. The molecule has 1 aromatic heterocycles. The highest BCUT2D eigenvalue weighted by Crippen LogP contribution is 2.24. The van der Waals surface area contributed by atoms with E-state index in [1.807, 2.05) is 18.7 Å². The molecule has 3 heterocycles. The molecule has 2 saturated heterocycles. The van der Waals surface area contributed by atoms with Gasteiger partial charge in [0.25, 0.3) is 5.91 Å². The van der Waals surface area contributed by atoms with E-state index in [1.54, 1.807) is 0 Å². The molecule has 2 aliphatic heterocycles. The molecule has 162 valence electrons. The van der Waals surface area contributed by atoms with Gasteiger partial charge in [0.2, 0.25) is 5.91 Å². The molecule has 29 heavy (non-hydrogen) atoms. The van der Waals surface area contributed by atoms with E-state index >= 15 is 0 Å². The van der Waals surface area contributed by atoms with Crippen LogP contribution in [0.4, 0.5) is 0 Å². The third-order valence-electron chi connectivity index (χ3n) is 7.06. The van der Waals surface area contributed by atoms with Crippen LogP contribution >= 0.6 is 0 Å². The number of rotatable bonds is 6. The summed E-state index contributed by atoms with van der Waals surface area (Å²) in [5.41, 5.74) is 4.01. The van der Waals surface area contributed by atoms with Gasteiger partial charge in [0, 0.05) is 44.3 Å². The fraction of sp³-hybridized carbons (Fsp3) is 0.739. The highest BCUT2D eigenvalue weighted by Gasteiger charge is 2.27. The van der Waals surface area contributed by atoms with Gasteiger partial charge in [-0.05, 0) is 77.0 Å². The topological polar surface area (TPSA) is 68.4 Å². The molecule has 1 aromatic rings. The number of hydrogen-bond donors (Lipinski definition) is 2. The van der Waals surface area contributed by atoms with Crippen molar-refractivity contribution in [1.29, 1.82) is 0 Å². The second kappa shape index (κ2) is 9.79. The fourth-order valence-electron chi connectivity index (χ4n) is 4.72. The Bertz CT molecular complexity index is 719. The average molecular weight is 403 g/mol. The highest BCUT2D eigenvalue weighted by molar-refractivity contribution is 5.94. The summed E-state index contributed by atoms with van der Waals surface area (Å²) in [7, 11) is 0. The summed E-state index contributed by atoms with van der Waals surface area (Å²) in [6.07, 6.45) is 6.26. The molecule has 0 aliphatic carbocycles. The standard InChI is InChI=1S/C23H38N4O2/c1-16-7-5-6-11-26(16)14-10-24-21(28)15-20-8-12-27(13-9-20)23(29)22-18(3)17(2)19(4)25-22/h16,20,25H,5-15H2,1-4H3,(H,24,28). The Balaban J connectivity index is 1.38. The third-order valence-corrected chi connectivity index (χ3v) is 7.06. The van der Waals surface area contributed by atoms with Crippen LogP contribution in [0.5, 0.6) is 0 Å². The number of H-pyrrole nitrogens is 1. The van der Waals surface area contributed by atoms with Crippen molar-refractivity contribution in [3.63, 3.8) is 0 Å². The third kappa shape index (κ3) is 5.41. The molecule has 2 aliphatic rings. The molecular weight excluding hydrogens is 364 g/mol. The summed E-state index contributed by atoms with van der Waals surface area (Å²) in [5, 5.41) is 3.11. The van der Waals surface area contributed by atoms with E-state index in [2.05, 4.69) is 29.0 Å². The summed E-state index contributed by atoms with van der Waals surface area (Å²) in [5.74, 6) is 0.629. The maximum atomic E-state index is 12.8. The summed E-state index contributed by atoms with van der Waals surface area (Å²) >= 11 is 0. The maximum absolute atomic E-state index is 12.8. The van der Waals surface area contributed by atoms with Crippen LogP contribution in [0, 0.1) is 26.7 Å². The van der Waals surface area contributed by atoms with Gasteiger partial charge in [-0.15, -0.1) is 0 Å². The lowest BCUT2D eigenvalue weighted by molar-refractivity contribution is -0.122. The first-order valence-electron chi connectivity index (χ1n) is 11.3. The van der Waals surface area contributed by atoms with Crippen molar-refractivity contribution >= 4 is 11.8 Å². The highest BCUT2D eigenvalue weighted by atomic mass is 16.2. The molecule has 0 radical (unpaired) electrons. The van der Waals surface area contributed by atoms with Crippen molar-refractivity contribution < 1.29 is 9.59 Å². The van der Waals surface area contributed by atoms with E-state index in [-0.39, 0.29) is 11.8 Å². The Kier molecular flexibility index (Phi) is 7.38. The van der Waals surface area contributed by atoms with Crippen molar-refractivity contribution in [2.24, 2.45) is 5.92 Å². The van der Waals surface area contributed by atoms with Gasteiger partial charge >= 0.3 is 0 Å². The summed E-state index contributed by atoms with van der Waals surface area (Å²) < 4.78 is 0. The van der Waals surface area contributed by atoms with E-state index in [4.69, 9.17) is 0 Å². The smallest absolute Gasteiger partial charge is 0.270 e. The van der Waals surface area contributed by atoms with Crippen LogP contribution in [-0.2, 0) is 4.79 Å². The van der Waals surface area contributed by atoms with Crippen LogP contribution in [0.15, 0.2) is 0 Å². The van der Waals surface area contributed by atoms with Crippen molar-refractivity contribution in [2.45, 2.75) is 72.3 Å². The number of aryl methyl sites for hydroxylation is 1. The van der Waals surface area contributed by atoms with Gasteiger partial charge in [0.1, 0.15) is 5.69 Å². The van der Waals surface area contributed by atoms with Crippen LogP contribution in [0.25, 0.3) is 0 Å². The lowest BCUT2D eigenvalue weighted by atomic mass is 9.93. The zero-order valence-corrected chi connectivity index (χ0v) is 18.6. The van der Waals surface area contributed by atoms with E-state index in [0.29, 0.717) is 18.4 Å². The number of carbonyl (C=O) groups excluding carboxylic acids is 2. The number of carbonyl (C=O) groups is 2. The van der Waals surface area contributed by atoms with E-state index < -0.39 is 0 Å². The molecular formula is C23H38N4O2. The maximum Gasteiger partial charge on any atom is 0.270 e. The van der Waals surface area contributed by atoms with Gasteiger partial charge in [0.05, 0.1) is 0 Å². The SMILES string of the molecule is Cc1[nH]c(C(=O)N2CCC(CC(=O)NCCN3CCCCC3C)CC2)c(C)c1C. The number of hydrogen-bond acceptors (Lipinski definition) is 3. The first-order valence-corrected chi connectivity index (χ1v) is 11.3. The van der Waals surface area contributed by atoms with Crippen LogP contribution < -0.4 is 5.32 Å². The van der Waals surface area contributed by atoms with Gasteiger partial charge in [-0.1, -0.05) is 6.42 Å². The lowest BCUT2D eigenvalue weighted by Crippen LogP contribution is -2.43. The van der Waals surface area contributed by atoms with Crippen molar-refractivity contribution in [1.82, 2.24) is 20.1 Å². The minimum atomic E-state index is 0.0947. The van der Waals surface area contributed by atoms with Crippen LogP contribution in [0.2, 0.25) is 0 Å². The normalized spacial score (nSPS) is 21.4. The zero-order chi connectivity index (χ0) is 21.0. The predicted octanol–water partition coefficient (Wildman–Crippen LogP) is 3.17. The first-order chi connectivity index (χ1) is 13.9. The van der Waals surface area contributed by atoms with Crippen LogP contribution in [-0.4, -0.2) is 65.4 Å². The number of nitrogens with one attached hydrogen (secondary N) is 2. The molecule has 2 fully saturated rings. The first kappa shape index (κ1) is 21.9. The molecule has 0 aromatic carbocycles. The number of nitrogens with zero attached hydrogens (tertiary/aromatic N) is 2. The van der Waals surface area contributed by atoms with Crippen molar-refractivity contribution in [3.05, 3.63) is 22.5 Å². The molecule has 2 amide bonds. The number of likely N-dealkylation sites (tertiary alicyclic amines) is 2. The fourth-order valence-corrected chi connectivity index (χ4v) is 4.72. The minimum absolute atomic E-state index is 0.0947. The number of piperidine rings is 2. The Labute approximate surface area is 175 Å². The van der Waals surface area contributed by atoms with Gasteiger partial charge in [-0.25, -0.2) is 0 Å². The Hall–Kier alpha value is -1.82. The van der Waals surface area contributed by atoms with Gasteiger partial charge < -0.3 is 15.2 Å². The number of amides is 2. The summed E-state index contributed by atoms with van der Waals surface area (Å²) in [4.78, 5) is 32.9. The Morgan fingerprint density at radius 3 is 2.38 bits per heavy atom. The molecule has 0 bridgehead atoms. The van der Waals surface area contributed by atoms with E-state index in [9.17, 15) is 9.59 Å². The largest absolute Gasteiger partial charge is 0.355 e. The van der Waals surface area contributed by atoms with Crippen LogP contribution in [0.3, 0.4) is 0 Å². The van der Waals surface area contributed by atoms with Gasteiger partial charge in [-0.2, -0.15) is 0 Å². The molecule has 6 nitrogen and oxygen atoms in total. The molecule has 0 saturated carbocycles. The molecule has 2 N–H and O–H groups in total. The summed E-state index contributed by atoms with van der Waals surface area (Å²) in [6, 6.07) is 0.637. The molecule has 3 rings (SSSR count). The predicted molar refractivity (Wildman–Crippen MR) is 116 cm³/mol. The van der Waals surface area contributed by atoms with Crippen molar-refractivity contribution in [2.75, 3.05) is 32.7 Å². The second-order valence-corrected chi connectivity index (χ2v) is 9.05.